The molecule has 0 amide bonds. The van der Waals surface area contributed by atoms with Gasteiger partial charge in [0, 0.05) is 17.3 Å². The molecule has 0 aliphatic heterocycles. The predicted octanol–water partition coefficient (Wildman–Crippen LogP) is 5.60. The van der Waals surface area contributed by atoms with Crippen molar-refractivity contribution in [3.63, 3.8) is 0 Å². The molecule has 21 heavy (non-hydrogen) atoms. The quantitative estimate of drug-likeness (QED) is 0.627. The first-order valence-electron chi connectivity index (χ1n) is 5.36. The van der Waals surface area contributed by atoms with Crippen molar-refractivity contribution in [1.82, 2.24) is 4.98 Å². The zero-order chi connectivity index (χ0) is 15.8. The normalized spacial score (nSPS) is 11.3. The largest absolute Gasteiger partial charge is 0.419 e. The molecule has 8 heteroatoms. The van der Waals surface area contributed by atoms with Crippen LogP contribution >= 0.6 is 34.8 Å². The Kier molecular flexibility index (Phi) is 4.33. The highest BCUT2D eigenvalue weighted by Gasteiger charge is 2.35. The van der Waals surface area contributed by atoms with Crippen LogP contribution in [0.15, 0.2) is 24.4 Å². The van der Waals surface area contributed by atoms with Gasteiger partial charge in [-0.2, -0.15) is 18.4 Å². The van der Waals surface area contributed by atoms with E-state index >= 15 is 0 Å². The minimum atomic E-state index is -4.70. The van der Waals surface area contributed by atoms with Gasteiger partial charge in [-0.3, -0.25) is 0 Å². The smallest absolute Gasteiger partial charge is 0.244 e. The zero-order valence-corrected chi connectivity index (χ0v) is 12.2. The van der Waals surface area contributed by atoms with E-state index in [1.807, 2.05) is 0 Å². The summed E-state index contributed by atoms with van der Waals surface area (Å²) in [5, 5.41) is 9.16. The summed E-state index contributed by atoms with van der Waals surface area (Å²) in [6, 6.07) is 4.88. The van der Waals surface area contributed by atoms with Crippen LogP contribution in [0.2, 0.25) is 15.1 Å². The van der Waals surface area contributed by atoms with Gasteiger partial charge in [0.05, 0.1) is 20.6 Å². The Morgan fingerprint density at radius 2 is 1.62 bits per heavy atom. The third-order valence-corrected chi connectivity index (χ3v) is 3.65. The highest BCUT2D eigenvalue weighted by molar-refractivity contribution is 6.44. The number of aromatic nitrogens is 1. The minimum Gasteiger partial charge on any atom is -0.244 e. The second kappa shape index (κ2) is 5.72. The van der Waals surface area contributed by atoms with Gasteiger partial charge in [-0.05, 0) is 18.2 Å². The van der Waals surface area contributed by atoms with E-state index < -0.39 is 17.4 Å². The average Bonchev–Trinajstić information content (AvgIpc) is 2.41. The highest BCUT2D eigenvalue weighted by Crippen LogP contribution is 2.38. The van der Waals surface area contributed by atoms with Crippen LogP contribution in [0.4, 0.5) is 13.2 Å². The topological polar surface area (TPSA) is 36.7 Å². The molecule has 0 atom stereocenters. The van der Waals surface area contributed by atoms with E-state index in [1.54, 1.807) is 0 Å². The monoisotopic (exact) mass is 350 g/mol. The molecule has 0 bridgehead atoms. The van der Waals surface area contributed by atoms with Gasteiger partial charge in [0.15, 0.2) is 5.69 Å². The van der Waals surface area contributed by atoms with E-state index in [4.69, 9.17) is 40.1 Å². The second-order valence-corrected chi connectivity index (χ2v) is 5.20. The van der Waals surface area contributed by atoms with Gasteiger partial charge < -0.3 is 0 Å². The number of rotatable bonds is 1. The van der Waals surface area contributed by atoms with E-state index in [9.17, 15) is 13.2 Å². The Hall–Kier alpha value is -1.48. The summed E-state index contributed by atoms with van der Waals surface area (Å²) in [6.07, 6.45) is -3.57. The molecule has 1 aromatic carbocycles. The van der Waals surface area contributed by atoms with E-state index in [2.05, 4.69) is 4.98 Å². The van der Waals surface area contributed by atoms with E-state index in [0.717, 1.165) is 12.3 Å². The second-order valence-electron chi connectivity index (χ2n) is 3.98. The molecule has 0 saturated carbocycles. The van der Waals surface area contributed by atoms with Crippen LogP contribution in [0.3, 0.4) is 0 Å². The molecule has 0 radical (unpaired) electrons. The predicted molar refractivity (Wildman–Crippen MR) is 74.4 cm³/mol. The standard InChI is InChI=1S/C13H4Cl3F3N2/c14-9-3-11(16)10(15)2-7(9)6-1-8(13(17,18)19)12(4-20)21-5-6/h1-3,5H. The van der Waals surface area contributed by atoms with Crippen molar-refractivity contribution in [2.75, 3.05) is 0 Å². The van der Waals surface area contributed by atoms with Crippen LogP contribution < -0.4 is 0 Å². The Labute approximate surface area is 132 Å². The third kappa shape index (κ3) is 3.24. The molecule has 0 saturated heterocycles. The molecule has 2 rings (SSSR count). The summed E-state index contributed by atoms with van der Waals surface area (Å²) in [7, 11) is 0. The SMILES string of the molecule is N#Cc1ncc(-c2cc(Cl)c(Cl)cc2Cl)cc1C(F)(F)F. The number of hydrogen-bond acceptors (Lipinski definition) is 2. The number of nitriles is 1. The van der Waals surface area contributed by atoms with Gasteiger partial charge in [0.2, 0.25) is 0 Å². The van der Waals surface area contributed by atoms with Crippen molar-refractivity contribution in [3.8, 4) is 17.2 Å². The van der Waals surface area contributed by atoms with Crippen molar-refractivity contribution in [3.05, 3.63) is 50.7 Å². The third-order valence-electron chi connectivity index (χ3n) is 2.62. The fourth-order valence-corrected chi connectivity index (χ4v) is 2.32. The van der Waals surface area contributed by atoms with E-state index in [1.165, 1.54) is 18.2 Å². The van der Waals surface area contributed by atoms with Gasteiger partial charge in [0.25, 0.3) is 0 Å². The maximum Gasteiger partial charge on any atom is 0.419 e. The number of pyridine rings is 1. The number of benzene rings is 1. The van der Waals surface area contributed by atoms with Crippen molar-refractivity contribution in [2.45, 2.75) is 6.18 Å². The maximum atomic E-state index is 12.9. The molecule has 1 aromatic heterocycles. The molecule has 108 valence electrons. The molecule has 0 aliphatic carbocycles. The lowest BCUT2D eigenvalue weighted by Gasteiger charge is -2.11. The summed E-state index contributed by atoms with van der Waals surface area (Å²) in [4.78, 5) is 3.52. The summed E-state index contributed by atoms with van der Waals surface area (Å²) in [6.45, 7) is 0. The van der Waals surface area contributed by atoms with Crippen molar-refractivity contribution in [1.29, 1.82) is 5.26 Å². The van der Waals surface area contributed by atoms with Gasteiger partial charge in [0.1, 0.15) is 6.07 Å². The maximum absolute atomic E-state index is 12.9. The van der Waals surface area contributed by atoms with Crippen molar-refractivity contribution < 1.29 is 13.2 Å². The molecular weight excluding hydrogens is 348 g/mol. The molecule has 0 spiro atoms. The van der Waals surface area contributed by atoms with Gasteiger partial charge in [-0.25, -0.2) is 4.98 Å². The first kappa shape index (κ1) is 15.9. The van der Waals surface area contributed by atoms with Crippen molar-refractivity contribution in [2.24, 2.45) is 0 Å². The van der Waals surface area contributed by atoms with Crippen LogP contribution in [0, 0.1) is 11.3 Å². The number of alkyl halides is 3. The highest BCUT2D eigenvalue weighted by atomic mass is 35.5. The van der Waals surface area contributed by atoms with Crippen LogP contribution in [0.5, 0.6) is 0 Å². The van der Waals surface area contributed by atoms with Gasteiger partial charge >= 0.3 is 6.18 Å². The summed E-state index contributed by atoms with van der Waals surface area (Å²) >= 11 is 17.6. The lowest BCUT2D eigenvalue weighted by atomic mass is 10.0. The van der Waals surface area contributed by atoms with E-state index in [-0.39, 0.29) is 26.2 Å². The first-order valence-corrected chi connectivity index (χ1v) is 6.49. The average molecular weight is 352 g/mol. The van der Waals surface area contributed by atoms with Gasteiger partial charge in [-0.15, -0.1) is 0 Å². The molecule has 1 heterocycles. The fraction of sp³-hybridized carbons (Fsp3) is 0.0769. The Bertz CT molecular complexity index is 752. The molecule has 0 aliphatic rings. The van der Waals surface area contributed by atoms with Crippen LogP contribution in [0.25, 0.3) is 11.1 Å². The summed E-state index contributed by atoms with van der Waals surface area (Å²) in [5.41, 5.74) is -1.51. The number of hydrogen-bond donors (Lipinski definition) is 0. The number of halogens is 6. The lowest BCUT2D eigenvalue weighted by molar-refractivity contribution is -0.138. The fourth-order valence-electron chi connectivity index (χ4n) is 1.66. The van der Waals surface area contributed by atoms with Crippen LogP contribution in [-0.4, -0.2) is 4.98 Å². The molecular formula is C13H4Cl3F3N2. The first-order chi connectivity index (χ1) is 9.74. The summed E-state index contributed by atoms with van der Waals surface area (Å²) < 4.78 is 38.7. The summed E-state index contributed by atoms with van der Waals surface area (Å²) in [5.74, 6) is 0. The van der Waals surface area contributed by atoms with Crippen molar-refractivity contribution >= 4 is 34.8 Å². The Morgan fingerprint density at radius 1 is 1.00 bits per heavy atom. The minimum absolute atomic E-state index is 0.0879. The molecule has 0 unspecified atom stereocenters. The zero-order valence-electron chi connectivity index (χ0n) is 9.97. The van der Waals surface area contributed by atoms with Crippen LogP contribution in [-0.2, 0) is 6.18 Å². The molecule has 2 aromatic rings. The molecule has 0 fully saturated rings. The number of nitrogens with zero attached hydrogens (tertiary/aromatic N) is 2. The van der Waals surface area contributed by atoms with Crippen LogP contribution in [0.1, 0.15) is 11.3 Å². The molecule has 0 N–H and O–H groups in total. The van der Waals surface area contributed by atoms with Gasteiger partial charge in [-0.1, -0.05) is 34.8 Å². The lowest BCUT2D eigenvalue weighted by Crippen LogP contribution is -2.09. The Morgan fingerprint density at radius 3 is 2.19 bits per heavy atom. The van der Waals surface area contributed by atoms with E-state index in [0.29, 0.717) is 0 Å². The Balaban J connectivity index is 2.67. The molecule has 2 nitrogen and oxygen atoms in total.